The van der Waals surface area contributed by atoms with Crippen molar-refractivity contribution in [2.24, 2.45) is 0 Å². The van der Waals surface area contributed by atoms with E-state index in [9.17, 15) is 4.79 Å². The van der Waals surface area contributed by atoms with Gasteiger partial charge in [-0.05, 0) is 93.4 Å². The highest BCUT2D eigenvalue weighted by molar-refractivity contribution is 5.85. The molecule has 0 atom stereocenters. The van der Waals surface area contributed by atoms with Crippen molar-refractivity contribution in [1.82, 2.24) is 9.88 Å². The molecule has 1 fully saturated rings. The van der Waals surface area contributed by atoms with Gasteiger partial charge in [-0.25, -0.2) is 0 Å². The monoisotopic (exact) mass is 530 g/mol. The Hall–Kier alpha value is -2.59. The summed E-state index contributed by atoms with van der Waals surface area (Å²) in [4.78, 5) is 18.4. The molecule has 2 aromatic carbocycles. The number of benzene rings is 2. The van der Waals surface area contributed by atoms with Crippen LogP contribution in [0, 0.1) is 0 Å². The second-order valence-electron chi connectivity index (χ2n) is 11.6. The van der Waals surface area contributed by atoms with Gasteiger partial charge in [0, 0.05) is 23.5 Å². The molecule has 2 heterocycles. The van der Waals surface area contributed by atoms with Crippen LogP contribution in [0.5, 0.6) is 5.75 Å². The first-order valence-electron chi connectivity index (χ1n) is 15.8. The first-order chi connectivity index (χ1) is 19.2. The highest BCUT2D eigenvalue weighted by Gasteiger charge is 2.20. The topological polar surface area (TPSA) is 45.3 Å². The van der Waals surface area contributed by atoms with Crippen LogP contribution in [0.2, 0.25) is 0 Å². The number of unbranched alkanes of at least 4 members (excludes halogenated alkanes) is 9. The molecule has 4 rings (SSSR count). The number of ether oxygens (including phenoxy) is 1. The molecule has 1 aliphatic rings. The van der Waals surface area contributed by atoms with Crippen LogP contribution in [-0.2, 0) is 11.2 Å². The molecule has 39 heavy (non-hydrogen) atoms. The van der Waals surface area contributed by atoms with Crippen LogP contribution >= 0.6 is 0 Å². The van der Waals surface area contributed by atoms with E-state index in [0.717, 1.165) is 30.7 Å². The number of aromatic nitrogens is 1. The number of esters is 1. The van der Waals surface area contributed by atoms with Crippen molar-refractivity contribution in [2.75, 3.05) is 19.6 Å². The van der Waals surface area contributed by atoms with Gasteiger partial charge in [0.1, 0.15) is 5.75 Å². The van der Waals surface area contributed by atoms with Crippen LogP contribution in [0.1, 0.15) is 114 Å². The minimum Gasteiger partial charge on any atom is -0.427 e. The fourth-order valence-corrected chi connectivity index (χ4v) is 6.06. The standard InChI is InChI=1S/C35H50N2O2/c1-2-3-4-5-6-7-8-9-13-19-35(38)39-32-20-21-34-33(27-32)31(28-36-34)18-14-15-24-37-25-22-30(23-26-37)29-16-11-10-12-17-29/h10-12,16-17,20-21,27-28,30,36H,2-9,13-15,18-19,22-26H2,1H3. The highest BCUT2D eigenvalue weighted by atomic mass is 16.5. The Kier molecular flexibility index (Phi) is 12.4. The summed E-state index contributed by atoms with van der Waals surface area (Å²) >= 11 is 0. The highest BCUT2D eigenvalue weighted by Crippen LogP contribution is 2.28. The van der Waals surface area contributed by atoms with Gasteiger partial charge < -0.3 is 14.6 Å². The van der Waals surface area contributed by atoms with E-state index in [4.69, 9.17) is 4.74 Å². The number of aryl methyl sites for hydroxylation is 1. The number of H-pyrrole nitrogens is 1. The Bertz CT molecular complexity index is 1100. The number of rotatable bonds is 17. The van der Waals surface area contributed by atoms with Crippen LogP contribution in [0.4, 0.5) is 0 Å². The Morgan fingerprint density at radius 3 is 2.33 bits per heavy atom. The number of hydrogen-bond acceptors (Lipinski definition) is 3. The molecular formula is C35H50N2O2. The Labute approximate surface area is 236 Å². The van der Waals surface area contributed by atoms with Crippen molar-refractivity contribution in [2.45, 2.75) is 109 Å². The Morgan fingerprint density at radius 2 is 1.59 bits per heavy atom. The lowest BCUT2D eigenvalue weighted by molar-refractivity contribution is -0.134. The lowest BCUT2D eigenvalue weighted by Gasteiger charge is -2.32. The summed E-state index contributed by atoms with van der Waals surface area (Å²) in [5, 5.41) is 1.19. The van der Waals surface area contributed by atoms with Crippen molar-refractivity contribution in [1.29, 1.82) is 0 Å². The maximum Gasteiger partial charge on any atom is 0.311 e. The minimum atomic E-state index is -0.106. The van der Waals surface area contributed by atoms with Gasteiger partial charge in [-0.1, -0.05) is 88.6 Å². The zero-order valence-corrected chi connectivity index (χ0v) is 24.3. The zero-order valence-electron chi connectivity index (χ0n) is 24.3. The van der Waals surface area contributed by atoms with Crippen molar-refractivity contribution in [3.63, 3.8) is 0 Å². The number of nitrogens with one attached hydrogen (secondary N) is 1. The van der Waals surface area contributed by atoms with Crippen LogP contribution in [-0.4, -0.2) is 35.5 Å². The van der Waals surface area contributed by atoms with E-state index in [1.165, 1.54) is 107 Å². The van der Waals surface area contributed by atoms with Crippen LogP contribution in [0.25, 0.3) is 10.9 Å². The molecule has 0 aliphatic carbocycles. The number of carbonyl (C=O) groups excluding carboxylic acids is 1. The summed E-state index contributed by atoms with van der Waals surface area (Å²) in [6.07, 6.45) is 19.9. The van der Waals surface area contributed by atoms with Gasteiger partial charge in [-0.3, -0.25) is 4.79 Å². The number of nitrogens with zero attached hydrogens (tertiary/aromatic N) is 1. The van der Waals surface area contributed by atoms with E-state index < -0.39 is 0 Å². The SMILES string of the molecule is CCCCCCCCCCCC(=O)Oc1ccc2[nH]cc(CCCCN3CCC(c4ccccc4)CC3)c2c1. The summed E-state index contributed by atoms with van der Waals surface area (Å²) in [5.74, 6) is 1.29. The molecule has 0 saturated carbocycles. The molecule has 0 spiro atoms. The van der Waals surface area contributed by atoms with Gasteiger partial charge in [0.2, 0.25) is 0 Å². The summed E-state index contributed by atoms with van der Waals surface area (Å²) in [5.41, 5.74) is 3.95. The number of fused-ring (bicyclic) bond motifs is 1. The van der Waals surface area contributed by atoms with Gasteiger partial charge in [-0.2, -0.15) is 0 Å². The molecule has 212 valence electrons. The molecule has 1 aliphatic heterocycles. The number of aromatic amines is 1. The van der Waals surface area contributed by atoms with Gasteiger partial charge >= 0.3 is 5.97 Å². The van der Waals surface area contributed by atoms with Crippen molar-refractivity contribution >= 4 is 16.9 Å². The van der Waals surface area contributed by atoms with Gasteiger partial charge in [0.25, 0.3) is 0 Å². The largest absolute Gasteiger partial charge is 0.427 e. The Balaban J connectivity index is 1.12. The molecule has 0 bridgehead atoms. The van der Waals surface area contributed by atoms with Gasteiger partial charge in [0.05, 0.1) is 0 Å². The first kappa shape index (κ1) is 29.4. The molecule has 0 unspecified atom stereocenters. The molecule has 0 amide bonds. The fourth-order valence-electron chi connectivity index (χ4n) is 6.06. The minimum absolute atomic E-state index is 0.106. The lowest BCUT2D eigenvalue weighted by atomic mass is 9.89. The van der Waals surface area contributed by atoms with E-state index in [1.807, 2.05) is 18.2 Å². The van der Waals surface area contributed by atoms with Gasteiger partial charge in [0.15, 0.2) is 0 Å². The summed E-state index contributed by atoms with van der Waals surface area (Å²) in [6, 6.07) is 17.0. The second kappa shape index (κ2) is 16.5. The molecule has 4 nitrogen and oxygen atoms in total. The van der Waals surface area contributed by atoms with Crippen molar-refractivity contribution in [3.8, 4) is 5.75 Å². The molecule has 4 heteroatoms. The predicted molar refractivity (Wildman–Crippen MR) is 164 cm³/mol. The van der Waals surface area contributed by atoms with E-state index in [2.05, 4.69) is 53.3 Å². The number of likely N-dealkylation sites (tertiary alicyclic amines) is 1. The lowest BCUT2D eigenvalue weighted by Crippen LogP contribution is -2.33. The number of carbonyl (C=O) groups is 1. The van der Waals surface area contributed by atoms with E-state index in [1.54, 1.807) is 0 Å². The average Bonchev–Trinajstić information content (AvgIpc) is 3.37. The van der Waals surface area contributed by atoms with Crippen molar-refractivity contribution in [3.05, 3.63) is 65.9 Å². The molecular weight excluding hydrogens is 480 g/mol. The predicted octanol–water partition coefficient (Wildman–Crippen LogP) is 9.20. The summed E-state index contributed by atoms with van der Waals surface area (Å²) in [7, 11) is 0. The third-order valence-electron chi connectivity index (χ3n) is 8.48. The number of piperidine rings is 1. The van der Waals surface area contributed by atoms with Gasteiger partial charge in [-0.15, -0.1) is 0 Å². The van der Waals surface area contributed by atoms with E-state index in [0.29, 0.717) is 12.2 Å². The quantitative estimate of drug-likeness (QED) is 0.107. The summed E-state index contributed by atoms with van der Waals surface area (Å²) < 4.78 is 5.70. The zero-order chi connectivity index (χ0) is 27.1. The van der Waals surface area contributed by atoms with E-state index in [-0.39, 0.29) is 5.97 Å². The fraction of sp³-hybridized carbons (Fsp3) is 0.571. The van der Waals surface area contributed by atoms with Crippen LogP contribution in [0.15, 0.2) is 54.7 Å². The number of hydrogen-bond donors (Lipinski definition) is 1. The normalized spacial score (nSPS) is 14.7. The molecule has 0 radical (unpaired) electrons. The third-order valence-corrected chi connectivity index (χ3v) is 8.48. The average molecular weight is 531 g/mol. The Morgan fingerprint density at radius 1 is 0.872 bits per heavy atom. The maximum absolute atomic E-state index is 12.4. The first-order valence-corrected chi connectivity index (χ1v) is 15.8. The molecule has 3 aromatic rings. The van der Waals surface area contributed by atoms with Crippen LogP contribution < -0.4 is 4.74 Å². The third kappa shape index (κ3) is 9.83. The molecule has 1 saturated heterocycles. The van der Waals surface area contributed by atoms with Crippen LogP contribution in [0.3, 0.4) is 0 Å². The van der Waals surface area contributed by atoms with E-state index >= 15 is 0 Å². The smallest absolute Gasteiger partial charge is 0.311 e. The maximum atomic E-state index is 12.4. The second-order valence-corrected chi connectivity index (χ2v) is 11.6. The molecule has 1 aromatic heterocycles. The summed E-state index contributed by atoms with van der Waals surface area (Å²) in [6.45, 7) is 5.86. The van der Waals surface area contributed by atoms with Crippen molar-refractivity contribution < 1.29 is 9.53 Å². The molecule has 1 N–H and O–H groups in total.